The van der Waals surface area contributed by atoms with E-state index in [2.05, 4.69) is 122 Å². The van der Waals surface area contributed by atoms with Crippen molar-refractivity contribution in [3.8, 4) is 0 Å². The molecule has 37 heavy (non-hydrogen) atoms. The molecule has 0 amide bonds. The van der Waals surface area contributed by atoms with Gasteiger partial charge in [0.15, 0.2) is 15.3 Å². The Morgan fingerprint density at radius 3 is 1.59 bits per heavy atom. The van der Waals surface area contributed by atoms with Crippen LogP contribution >= 0.6 is 0 Å². The Labute approximate surface area is 222 Å². The molecular weight excluding hydrogens is 476 g/mol. The van der Waals surface area contributed by atoms with Gasteiger partial charge in [-0.15, -0.1) is 5.10 Å². The highest BCUT2D eigenvalue weighted by Gasteiger charge is 2.44. The van der Waals surface area contributed by atoms with E-state index in [9.17, 15) is 0 Å². The first-order chi connectivity index (χ1) is 17.7. The number of aromatic nitrogens is 4. The van der Waals surface area contributed by atoms with Gasteiger partial charge in [-0.1, -0.05) is 112 Å². The van der Waals surface area contributed by atoms with Crippen molar-refractivity contribution in [1.29, 1.82) is 0 Å². The highest BCUT2D eigenvalue weighted by atomic mass is 28.3. The fourth-order valence-corrected chi connectivity index (χ4v) is 5.61. The van der Waals surface area contributed by atoms with Crippen LogP contribution in [0.1, 0.15) is 55.7 Å². The highest BCUT2D eigenvalue weighted by Crippen LogP contribution is 2.44. The summed E-state index contributed by atoms with van der Waals surface area (Å²) in [6.07, 6.45) is 0.188. The van der Waals surface area contributed by atoms with Crippen molar-refractivity contribution >= 4 is 9.04 Å². The van der Waals surface area contributed by atoms with E-state index in [-0.39, 0.29) is 11.5 Å². The normalized spacial score (nSPS) is 14.0. The van der Waals surface area contributed by atoms with Crippen molar-refractivity contribution in [3.05, 3.63) is 114 Å². The zero-order valence-corrected chi connectivity index (χ0v) is 23.9. The van der Waals surface area contributed by atoms with Gasteiger partial charge in [-0.05, 0) is 59.0 Å². The molecule has 7 heteroatoms. The maximum atomic E-state index is 7.39. The predicted octanol–water partition coefficient (Wildman–Crippen LogP) is 6.29. The van der Waals surface area contributed by atoms with E-state index in [0.29, 0.717) is 0 Å². The van der Waals surface area contributed by atoms with E-state index in [1.165, 1.54) is 0 Å². The molecule has 3 aromatic carbocycles. The molecule has 2 unspecified atom stereocenters. The topological polar surface area (TPSA) is 62.1 Å². The van der Waals surface area contributed by atoms with Gasteiger partial charge in [-0.2, -0.15) is 0 Å². The molecule has 0 N–H and O–H groups in total. The summed E-state index contributed by atoms with van der Waals surface area (Å²) in [7, 11) is -1.55. The average Bonchev–Trinajstić information content (AvgIpc) is 3.31. The second-order valence-electron chi connectivity index (χ2n) is 11.0. The number of hydrogen-bond donors (Lipinski definition) is 0. The smallest absolute Gasteiger partial charge is 0.174 e. The van der Waals surface area contributed by atoms with Gasteiger partial charge < -0.3 is 9.16 Å². The van der Waals surface area contributed by atoms with Gasteiger partial charge in [-0.25, -0.2) is 4.68 Å². The monoisotopic (exact) mass is 514 g/mol. The molecular formula is C30H38N4O2Si. The largest absolute Gasteiger partial charge is 0.394 e. The third-order valence-corrected chi connectivity index (χ3v) is 7.16. The van der Waals surface area contributed by atoms with E-state index >= 15 is 0 Å². The summed E-state index contributed by atoms with van der Waals surface area (Å²) in [5.74, 6) is 0.738. The second-order valence-corrected chi connectivity index (χ2v) is 13.3. The first kappa shape index (κ1) is 26.9. The zero-order chi connectivity index (χ0) is 26.5. The van der Waals surface area contributed by atoms with Crippen molar-refractivity contribution in [3.63, 3.8) is 0 Å². The van der Waals surface area contributed by atoms with Gasteiger partial charge in [0.05, 0.1) is 0 Å². The molecule has 0 radical (unpaired) electrons. The number of tetrazole rings is 1. The van der Waals surface area contributed by atoms with Crippen molar-refractivity contribution in [2.24, 2.45) is 5.41 Å². The number of hydrogen-bond acceptors (Lipinski definition) is 5. The summed E-state index contributed by atoms with van der Waals surface area (Å²) < 4.78 is 16.0. The standard InChI is InChI=1S/C30H38N4O2Si/c1-23-31-32-33-34(23)27(22-29(2,3)4)28(36-37(5)6)35-30(24-16-10-7-11-17-24,25-18-12-8-13-19-25)26-20-14-9-15-21-26/h7-21,27-28,37H,22H2,1-6H3. The van der Waals surface area contributed by atoms with Crippen molar-refractivity contribution < 1.29 is 9.16 Å². The number of nitrogens with zero attached hydrogens (tertiary/aromatic N) is 4. The Morgan fingerprint density at radius 1 is 0.784 bits per heavy atom. The van der Waals surface area contributed by atoms with Gasteiger partial charge in [0, 0.05) is 0 Å². The Hall–Kier alpha value is -3.13. The fourth-order valence-electron chi connectivity index (χ4n) is 4.83. The summed E-state index contributed by atoms with van der Waals surface area (Å²) >= 11 is 0. The highest BCUT2D eigenvalue weighted by molar-refractivity contribution is 6.48. The number of ether oxygens (including phenoxy) is 1. The Balaban J connectivity index is 1.96. The minimum absolute atomic E-state index is 0.0124. The maximum Gasteiger partial charge on any atom is 0.174 e. The lowest BCUT2D eigenvalue weighted by Gasteiger charge is -2.42. The lowest BCUT2D eigenvalue weighted by molar-refractivity contribution is -0.175. The molecule has 0 aliphatic rings. The lowest BCUT2D eigenvalue weighted by atomic mass is 9.79. The number of rotatable bonds is 10. The van der Waals surface area contributed by atoms with Crippen LogP contribution in [0.25, 0.3) is 0 Å². The van der Waals surface area contributed by atoms with Gasteiger partial charge in [-0.3, -0.25) is 0 Å². The molecule has 1 aromatic heterocycles. The van der Waals surface area contributed by atoms with E-state index in [4.69, 9.17) is 9.16 Å². The number of aryl methyl sites for hydroxylation is 1. The summed E-state index contributed by atoms with van der Waals surface area (Å²) in [5, 5.41) is 12.6. The molecule has 1 heterocycles. The third kappa shape index (κ3) is 6.24. The van der Waals surface area contributed by atoms with E-state index in [1.807, 2.05) is 29.8 Å². The maximum absolute atomic E-state index is 7.39. The molecule has 194 valence electrons. The molecule has 0 aliphatic heterocycles. The third-order valence-electron chi connectivity index (χ3n) is 6.35. The molecule has 0 saturated heterocycles. The van der Waals surface area contributed by atoms with Gasteiger partial charge >= 0.3 is 0 Å². The van der Waals surface area contributed by atoms with Crippen molar-refractivity contribution in [2.75, 3.05) is 0 Å². The fraction of sp³-hybridized carbons (Fsp3) is 0.367. The minimum atomic E-state index is -1.55. The van der Waals surface area contributed by atoms with Crippen LogP contribution in [-0.4, -0.2) is 35.5 Å². The van der Waals surface area contributed by atoms with Crippen LogP contribution < -0.4 is 0 Å². The first-order valence-electron chi connectivity index (χ1n) is 12.9. The number of benzene rings is 3. The van der Waals surface area contributed by atoms with Crippen LogP contribution in [0.15, 0.2) is 91.0 Å². The lowest BCUT2D eigenvalue weighted by Crippen LogP contribution is -2.44. The van der Waals surface area contributed by atoms with Crippen LogP contribution in [0.4, 0.5) is 0 Å². The average molecular weight is 515 g/mol. The summed E-state index contributed by atoms with van der Waals surface area (Å²) in [4.78, 5) is 0. The van der Waals surface area contributed by atoms with Crippen LogP contribution in [-0.2, 0) is 14.8 Å². The summed E-state index contributed by atoms with van der Waals surface area (Å²) in [6.45, 7) is 12.9. The summed E-state index contributed by atoms with van der Waals surface area (Å²) in [5.41, 5.74) is 2.19. The molecule has 0 bridgehead atoms. The SMILES string of the molecule is Cc1nnnn1C(CC(C)(C)C)C(O[SiH](C)C)OC(c1ccccc1)(c1ccccc1)c1ccccc1. The van der Waals surface area contributed by atoms with Crippen molar-refractivity contribution in [1.82, 2.24) is 20.2 Å². The van der Waals surface area contributed by atoms with Gasteiger partial charge in [0.25, 0.3) is 0 Å². The molecule has 0 saturated carbocycles. The van der Waals surface area contributed by atoms with Crippen molar-refractivity contribution in [2.45, 2.75) is 65.1 Å². The first-order valence-corrected chi connectivity index (χ1v) is 15.7. The van der Waals surface area contributed by atoms with Crippen LogP contribution in [0.5, 0.6) is 0 Å². The Kier molecular flexibility index (Phi) is 8.37. The zero-order valence-electron chi connectivity index (χ0n) is 22.7. The predicted molar refractivity (Wildman–Crippen MR) is 150 cm³/mol. The van der Waals surface area contributed by atoms with E-state index in [0.717, 1.165) is 28.9 Å². The quantitative estimate of drug-likeness (QED) is 0.141. The molecule has 6 nitrogen and oxygen atoms in total. The molecule has 4 rings (SSSR count). The van der Waals surface area contributed by atoms with Crippen LogP contribution in [0, 0.1) is 12.3 Å². The molecule has 4 aromatic rings. The van der Waals surface area contributed by atoms with Crippen LogP contribution in [0.2, 0.25) is 13.1 Å². The minimum Gasteiger partial charge on any atom is -0.394 e. The molecule has 0 spiro atoms. The van der Waals surface area contributed by atoms with E-state index < -0.39 is 20.9 Å². The van der Waals surface area contributed by atoms with E-state index in [1.54, 1.807) is 0 Å². The molecule has 0 aliphatic carbocycles. The summed E-state index contributed by atoms with van der Waals surface area (Å²) in [6, 6.07) is 31.0. The van der Waals surface area contributed by atoms with Crippen LogP contribution in [0.3, 0.4) is 0 Å². The van der Waals surface area contributed by atoms with Gasteiger partial charge in [0.2, 0.25) is 0 Å². The Bertz CT molecular complexity index is 1140. The Morgan fingerprint density at radius 2 is 1.24 bits per heavy atom. The molecule has 2 atom stereocenters. The van der Waals surface area contributed by atoms with Gasteiger partial charge in [0.1, 0.15) is 17.5 Å². The molecule has 0 fully saturated rings. The second kappa shape index (κ2) is 11.5.